The molecule has 9 nitrogen and oxygen atoms in total. The Kier molecular flexibility index (Phi) is 4.94. The average Bonchev–Trinajstić information content (AvgIpc) is 3.21. The summed E-state index contributed by atoms with van der Waals surface area (Å²) in [4.78, 5) is 36.2. The number of rotatable bonds is 4. The monoisotopic (exact) mass is 373 g/mol. The smallest absolute Gasteiger partial charge is 0.414 e. The minimum Gasteiger partial charge on any atom is -0.447 e. The van der Waals surface area contributed by atoms with E-state index in [4.69, 9.17) is 4.74 Å². The number of amides is 3. The fourth-order valence-electron chi connectivity index (χ4n) is 2.12. The van der Waals surface area contributed by atoms with Gasteiger partial charge in [-0.1, -0.05) is 0 Å². The molecule has 0 saturated carbocycles. The molecule has 0 aliphatic rings. The van der Waals surface area contributed by atoms with Crippen LogP contribution in [0.1, 0.15) is 34.6 Å². The van der Waals surface area contributed by atoms with Crippen LogP contribution in [0.5, 0.6) is 0 Å². The summed E-state index contributed by atoms with van der Waals surface area (Å²) in [6, 6.07) is 4.70. The molecule has 26 heavy (non-hydrogen) atoms. The number of anilines is 1. The number of imide groups is 1. The van der Waals surface area contributed by atoms with E-state index in [9.17, 15) is 14.4 Å². The molecule has 3 rings (SSSR count). The Labute approximate surface area is 152 Å². The highest BCUT2D eigenvalue weighted by atomic mass is 32.1. The number of carbonyl (C=O) groups excluding carboxylic acids is 3. The zero-order valence-electron chi connectivity index (χ0n) is 13.9. The van der Waals surface area contributed by atoms with Crippen LogP contribution in [0, 0.1) is 0 Å². The maximum Gasteiger partial charge on any atom is 0.414 e. The summed E-state index contributed by atoms with van der Waals surface area (Å²) in [7, 11) is 0. The van der Waals surface area contributed by atoms with E-state index in [0.717, 1.165) is 0 Å². The quantitative estimate of drug-likeness (QED) is 0.725. The Balaban J connectivity index is 1.72. The van der Waals surface area contributed by atoms with Crippen molar-refractivity contribution in [1.82, 2.24) is 19.9 Å². The van der Waals surface area contributed by atoms with Crippen LogP contribution in [-0.2, 0) is 4.74 Å². The Morgan fingerprint density at radius 2 is 2.04 bits per heavy atom. The molecule has 0 bridgehead atoms. The predicted molar refractivity (Wildman–Crippen MR) is 94.3 cm³/mol. The molecule has 0 radical (unpaired) electrons. The molecule has 3 aromatic heterocycles. The molecule has 3 aromatic rings. The first-order chi connectivity index (χ1) is 12.4. The number of fused-ring (bicyclic) bond motifs is 1. The molecule has 0 fully saturated rings. The number of ether oxygens (including phenoxy) is 1. The summed E-state index contributed by atoms with van der Waals surface area (Å²) in [6.07, 6.45) is 1.99. The van der Waals surface area contributed by atoms with Crippen LogP contribution >= 0.6 is 11.3 Å². The minimum atomic E-state index is -0.842. The molecule has 0 atom stereocenters. The van der Waals surface area contributed by atoms with Gasteiger partial charge in [-0.15, -0.1) is 21.5 Å². The van der Waals surface area contributed by atoms with E-state index in [2.05, 4.69) is 20.8 Å². The van der Waals surface area contributed by atoms with Crippen molar-refractivity contribution in [2.24, 2.45) is 0 Å². The van der Waals surface area contributed by atoms with E-state index in [1.165, 1.54) is 23.7 Å². The molecule has 0 aromatic carbocycles. The number of hydrogen-bond acceptors (Lipinski definition) is 7. The zero-order valence-corrected chi connectivity index (χ0v) is 14.7. The van der Waals surface area contributed by atoms with Crippen molar-refractivity contribution < 1.29 is 19.1 Å². The average molecular weight is 373 g/mol. The number of hydrogen-bond donors (Lipinski definition) is 2. The Morgan fingerprint density at radius 3 is 2.81 bits per heavy atom. The second-order valence-electron chi connectivity index (χ2n) is 5.54. The van der Waals surface area contributed by atoms with Gasteiger partial charge in [-0.3, -0.25) is 19.3 Å². The van der Waals surface area contributed by atoms with Crippen molar-refractivity contribution in [1.29, 1.82) is 0 Å². The molecular weight excluding hydrogens is 358 g/mol. The minimum absolute atomic E-state index is 0.174. The maximum atomic E-state index is 12.4. The largest absolute Gasteiger partial charge is 0.447 e. The van der Waals surface area contributed by atoms with Crippen LogP contribution in [0.2, 0.25) is 0 Å². The van der Waals surface area contributed by atoms with Crippen LogP contribution < -0.4 is 10.6 Å². The Bertz CT molecular complexity index is 978. The SMILES string of the molecule is CC(C)OC(=O)NC(=O)c1ccsc1NC(=O)c1ccn2cnnc2c1. The fourth-order valence-corrected chi connectivity index (χ4v) is 2.90. The molecule has 0 unspecified atom stereocenters. The van der Waals surface area contributed by atoms with Gasteiger partial charge in [0.25, 0.3) is 11.8 Å². The van der Waals surface area contributed by atoms with Crippen LogP contribution in [0.15, 0.2) is 36.1 Å². The van der Waals surface area contributed by atoms with Gasteiger partial charge in [0.2, 0.25) is 0 Å². The van der Waals surface area contributed by atoms with E-state index in [0.29, 0.717) is 16.2 Å². The summed E-state index contributed by atoms with van der Waals surface area (Å²) >= 11 is 1.17. The van der Waals surface area contributed by atoms with Crippen LogP contribution in [-0.4, -0.2) is 38.6 Å². The lowest BCUT2D eigenvalue weighted by Gasteiger charge is -2.09. The van der Waals surface area contributed by atoms with E-state index in [1.54, 1.807) is 42.0 Å². The third-order valence-corrected chi connectivity index (χ3v) is 4.09. The van der Waals surface area contributed by atoms with Gasteiger partial charge in [-0.05, 0) is 37.4 Å². The van der Waals surface area contributed by atoms with E-state index < -0.39 is 17.9 Å². The lowest BCUT2D eigenvalue weighted by Crippen LogP contribution is -2.32. The Hall–Kier alpha value is -3.27. The van der Waals surface area contributed by atoms with Crippen molar-refractivity contribution >= 4 is 39.9 Å². The maximum absolute atomic E-state index is 12.4. The molecule has 0 aliphatic heterocycles. The van der Waals surface area contributed by atoms with Gasteiger partial charge in [0.15, 0.2) is 5.65 Å². The summed E-state index contributed by atoms with van der Waals surface area (Å²) < 4.78 is 6.54. The van der Waals surface area contributed by atoms with Crippen molar-refractivity contribution in [3.8, 4) is 0 Å². The highest BCUT2D eigenvalue weighted by Gasteiger charge is 2.19. The lowest BCUT2D eigenvalue weighted by atomic mass is 10.2. The number of alkyl carbamates (subject to hydrolysis) is 1. The molecule has 0 spiro atoms. The highest BCUT2D eigenvalue weighted by molar-refractivity contribution is 7.14. The van der Waals surface area contributed by atoms with Gasteiger partial charge in [0, 0.05) is 11.8 Å². The second-order valence-corrected chi connectivity index (χ2v) is 6.45. The first-order valence-electron chi connectivity index (χ1n) is 7.64. The fraction of sp³-hybridized carbons (Fsp3) is 0.188. The molecule has 134 valence electrons. The third-order valence-electron chi connectivity index (χ3n) is 3.26. The summed E-state index contributed by atoms with van der Waals surface area (Å²) in [5.74, 6) is -1.06. The number of nitrogens with one attached hydrogen (secondary N) is 2. The molecule has 0 aliphatic carbocycles. The van der Waals surface area contributed by atoms with E-state index >= 15 is 0 Å². The molecule has 3 amide bonds. The zero-order chi connectivity index (χ0) is 18.7. The lowest BCUT2D eigenvalue weighted by molar-refractivity contribution is 0.0877. The van der Waals surface area contributed by atoms with Gasteiger partial charge in [-0.25, -0.2) is 4.79 Å². The van der Waals surface area contributed by atoms with Crippen molar-refractivity contribution in [2.75, 3.05) is 5.32 Å². The second kappa shape index (κ2) is 7.31. The first-order valence-corrected chi connectivity index (χ1v) is 8.52. The van der Waals surface area contributed by atoms with Gasteiger partial charge < -0.3 is 10.1 Å². The number of pyridine rings is 1. The van der Waals surface area contributed by atoms with E-state index in [-0.39, 0.29) is 11.7 Å². The van der Waals surface area contributed by atoms with Gasteiger partial charge in [0.1, 0.15) is 11.3 Å². The normalized spacial score (nSPS) is 10.7. The number of aromatic nitrogens is 3. The van der Waals surface area contributed by atoms with Crippen molar-refractivity contribution in [3.63, 3.8) is 0 Å². The van der Waals surface area contributed by atoms with Crippen molar-refractivity contribution in [3.05, 3.63) is 47.2 Å². The highest BCUT2D eigenvalue weighted by Crippen LogP contribution is 2.24. The molecule has 0 saturated heterocycles. The number of thiophene rings is 1. The molecule has 3 heterocycles. The number of nitrogens with zero attached hydrogens (tertiary/aromatic N) is 3. The number of carbonyl (C=O) groups is 3. The van der Waals surface area contributed by atoms with Crippen LogP contribution in [0.25, 0.3) is 5.65 Å². The molecule has 10 heteroatoms. The standard InChI is InChI=1S/C16H15N5O4S/c1-9(2)25-16(24)19-14(23)11-4-6-26-15(11)18-13(22)10-3-5-21-8-17-20-12(21)7-10/h3-9H,1-2H3,(H,18,22)(H,19,23,24). The topological polar surface area (TPSA) is 115 Å². The summed E-state index contributed by atoms with van der Waals surface area (Å²) in [5.41, 5.74) is 1.07. The van der Waals surface area contributed by atoms with Crippen LogP contribution in [0.4, 0.5) is 9.80 Å². The first kappa shape index (κ1) is 17.5. The third kappa shape index (κ3) is 3.86. The predicted octanol–water partition coefficient (Wildman–Crippen LogP) is 2.32. The van der Waals surface area contributed by atoms with Gasteiger partial charge in [0.05, 0.1) is 11.7 Å². The van der Waals surface area contributed by atoms with Gasteiger partial charge in [-0.2, -0.15) is 0 Å². The Morgan fingerprint density at radius 1 is 1.23 bits per heavy atom. The van der Waals surface area contributed by atoms with Crippen LogP contribution in [0.3, 0.4) is 0 Å². The van der Waals surface area contributed by atoms with Crippen molar-refractivity contribution in [2.45, 2.75) is 20.0 Å². The summed E-state index contributed by atoms with van der Waals surface area (Å²) in [6.45, 7) is 3.35. The molecular formula is C16H15N5O4S. The van der Waals surface area contributed by atoms with Gasteiger partial charge >= 0.3 is 6.09 Å². The summed E-state index contributed by atoms with van der Waals surface area (Å²) in [5, 5.41) is 14.4. The van der Waals surface area contributed by atoms with E-state index in [1.807, 2.05) is 0 Å². The molecule has 2 N–H and O–H groups in total.